The molecule has 1 aromatic carbocycles. The van der Waals surface area contributed by atoms with Crippen molar-refractivity contribution in [1.29, 1.82) is 5.26 Å². The Kier molecular flexibility index (Phi) is 2.31. The zero-order valence-corrected chi connectivity index (χ0v) is 9.67. The Morgan fingerprint density at radius 3 is 2.67 bits per heavy atom. The number of benzene rings is 1. The van der Waals surface area contributed by atoms with Gasteiger partial charge in [0.25, 0.3) is 0 Å². The second kappa shape index (κ2) is 3.38. The normalized spacial score (nSPS) is 19.7. The summed E-state index contributed by atoms with van der Waals surface area (Å²) in [6, 6.07) is 9.04. The average Bonchev–Trinajstić information content (AvgIpc) is 2.57. The van der Waals surface area contributed by atoms with Crippen LogP contribution in [0.5, 0.6) is 0 Å². The number of nitrogens with zero attached hydrogens (tertiary/aromatic N) is 1. The highest BCUT2D eigenvalue weighted by Gasteiger charge is 2.24. The Morgan fingerprint density at radius 1 is 1.33 bits per heavy atom. The summed E-state index contributed by atoms with van der Waals surface area (Å²) in [4.78, 5) is 0. The number of rotatable bonds is 0. The van der Waals surface area contributed by atoms with Gasteiger partial charge < -0.3 is 0 Å². The fraction of sp³-hybridized carbons (Fsp3) is 0.500. The highest BCUT2D eigenvalue weighted by atomic mass is 14.3. The van der Waals surface area contributed by atoms with Crippen LogP contribution in [0, 0.1) is 11.3 Å². The molecule has 0 spiro atoms. The predicted molar refractivity (Wildman–Crippen MR) is 61.8 cm³/mol. The van der Waals surface area contributed by atoms with Crippen LogP contribution in [-0.4, -0.2) is 0 Å². The maximum absolute atomic E-state index is 9.06. The molecule has 1 atom stereocenters. The molecule has 2 rings (SSSR count). The summed E-state index contributed by atoms with van der Waals surface area (Å²) < 4.78 is 0. The topological polar surface area (TPSA) is 23.8 Å². The minimum atomic E-state index is 0.127. The molecule has 0 heterocycles. The van der Waals surface area contributed by atoms with Gasteiger partial charge in [-0.25, -0.2) is 0 Å². The summed E-state index contributed by atoms with van der Waals surface area (Å²) in [6.45, 7) is 6.64. The van der Waals surface area contributed by atoms with Gasteiger partial charge in [-0.3, -0.25) is 0 Å². The molecule has 1 heteroatoms. The van der Waals surface area contributed by atoms with Gasteiger partial charge in [-0.2, -0.15) is 5.26 Å². The van der Waals surface area contributed by atoms with Crippen molar-refractivity contribution in [3.63, 3.8) is 0 Å². The maximum atomic E-state index is 9.06. The highest BCUT2D eigenvalue weighted by molar-refractivity contribution is 5.42. The van der Waals surface area contributed by atoms with Gasteiger partial charge in [-0.15, -0.1) is 0 Å². The van der Waals surface area contributed by atoms with Crippen LogP contribution in [0.25, 0.3) is 0 Å². The van der Waals surface area contributed by atoms with Crippen LogP contribution in [0.3, 0.4) is 0 Å². The van der Waals surface area contributed by atoms with E-state index in [2.05, 4.69) is 45.0 Å². The lowest BCUT2D eigenvalue weighted by Gasteiger charge is -2.20. The number of fused-ring (bicyclic) bond motifs is 1. The van der Waals surface area contributed by atoms with Crippen LogP contribution in [0.15, 0.2) is 18.2 Å². The van der Waals surface area contributed by atoms with E-state index in [0.29, 0.717) is 0 Å². The molecule has 1 aliphatic carbocycles. The Bertz CT molecular complexity index is 418. The first kappa shape index (κ1) is 10.2. The first-order chi connectivity index (χ1) is 7.02. The Morgan fingerprint density at radius 2 is 2.07 bits per heavy atom. The SMILES string of the molecule is CC(C)(C)c1ccc2c(c1)C(C#N)CC2. The van der Waals surface area contributed by atoms with Gasteiger partial charge in [0.2, 0.25) is 0 Å². The molecule has 15 heavy (non-hydrogen) atoms. The summed E-state index contributed by atoms with van der Waals surface area (Å²) in [5.41, 5.74) is 4.15. The van der Waals surface area contributed by atoms with Gasteiger partial charge in [-0.1, -0.05) is 39.0 Å². The monoisotopic (exact) mass is 199 g/mol. The lowest BCUT2D eigenvalue weighted by atomic mass is 9.85. The zero-order valence-electron chi connectivity index (χ0n) is 9.67. The van der Waals surface area contributed by atoms with E-state index >= 15 is 0 Å². The van der Waals surface area contributed by atoms with Gasteiger partial charge in [0.15, 0.2) is 0 Å². The van der Waals surface area contributed by atoms with E-state index in [0.717, 1.165) is 12.8 Å². The summed E-state index contributed by atoms with van der Waals surface area (Å²) in [7, 11) is 0. The molecule has 0 bridgehead atoms. The third-order valence-corrected chi connectivity index (χ3v) is 3.25. The van der Waals surface area contributed by atoms with Gasteiger partial charge in [0.1, 0.15) is 0 Å². The summed E-state index contributed by atoms with van der Waals surface area (Å²) >= 11 is 0. The van der Waals surface area contributed by atoms with Gasteiger partial charge in [0.05, 0.1) is 12.0 Å². The quantitative estimate of drug-likeness (QED) is 0.627. The number of nitriles is 1. The van der Waals surface area contributed by atoms with Gasteiger partial charge in [0, 0.05) is 0 Å². The van der Waals surface area contributed by atoms with Crippen molar-refractivity contribution in [2.75, 3.05) is 0 Å². The largest absolute Gasteiger partial charge is 0.198 e. The van der Waals surface area contributed by atoms with E-state index in [1.54, 1.807) is 0 Å². The van der Waals surface area contributed by atoms with E-state index in [1.807, 2.05) is 0 Å². The molecule has 78 valence electrons. The van der Waals surface area contributed by atoms with Crippen molar-refractivity contribution in [1.82, 2.24) is 0 Å². The van der Waals surface area contributed by atoms with Crippen molar-refractivity contribution in [3.8, 4) is 6.07 Å². The Labute approximate surface area is 91.7 Å². The fourth-order valence-corrected chi connectivity index (χ4v) is 2.20. The van der Waals surface area contributed by atoms with E-state index in [-0.39, 0.29) is 11.3 Å². The summed E-state index contributed by atoms with van der Waals surface area (Å²) in [6.07, 6.45) is 2.07. The molecule has 0 radical (unpaired) electrons. The molecule has 0 aliphatic heterocycles. The van der Waals surface area contributed by atoms with Crippen LogP contribution in [0.2, 0.25) is 0 Å². The lowest BCUT2D eigenvalue weighted by molar-refractivity contribution is 0.589. The number of hydrogen-bond acceptors (Lipinski definition) is 1. The van der Waals surface area contributed by atoms with Crippen LogP contribution in [0.1, 0.15) is 49.8 Å². The van der Waals surface area contributed by atoms with E-state index < -0.39 is 0 Å². The molecule has 1 aromatic rings. The molecule has 0 saturated carbocycles. The van der Waals surface area contributed by atoms with Crippen LogP contribution >= 0.6 is 0 Å². The van der Waals surface area contributed by atoms with Gasteiger partial charge in [-0.05, 0) is 34.9 Å². The number of aryl methyl sites for hydroxylation is 1. The Hall–Kier alpha value is -1.29. The van der Waals surface area contributed by atoms with E-state index in [4.69, 9.17) is 5.26 Å². The molecule has 0 fully saturated rings. The lowest BCUT2D eigenvalue weighted by Crippen LogP contribution is -2.11. The molecule has 0 saturated heterocycles. The van der Waals surface area contributed by atoms with Crippen LogP contribution < -0.4 is 0 Å². The summed E-state index contributed by atoms with van der Waals surface area (Å²) in [5, 5.41) is 9.06. The zero-order chi connectivity index (χ0) is 11.1. The van der Waals surface area contributed by atoms with Crippen LogP contribution in [0.4, 0.5) is 0 Å². The van der Waals surface area contributed by atoms with Crippen molar-refractivity contribution >= 4 is 0 Å². The molecular weight excluding hydrogens is 182 g/mol. The van der Waals surface area contributed by atoms with Crippen LogP contribution in [-0.2, 0) is 11.8 Å². The second-order valence-corrected chi connectivity index (χ2v) is 5.38. The van der Waals surface area contributed by atoms with E-state index in [1.165, 1.54) is 16.7 Å². The second-order valence-electron chi connectivity index (χ2n) is 5.38. The Balaban J connectivity index is 2.47. The van der Waals surface area contributed by atoms with Crippen molar-refractivity contribution in [2.24, 2.45) is 0 Å². The molecule has 1 nitrogen and oxygen atoms in total. The molecule has 0 N–H and O–H groups in total. The van der Waals surface area contributed by atoms with Crippen molar-refractivity contribution < 1.29 is 0 Å². The fourth-order valence-electron chi connectivity index (χ4n) is 2.20. The number of hydrogen-bond donors (Lipinski definition) is 0. The van der Waals surface area contributed by atoms with Crippen molar-refractivity contribution in [2.45, 2.75) is 44.9 Å². The third kappa shape index (κ3) is 1.77. The van der Waals surface area contributed by atoms with E-state index in [9.17, 15) is 0 Å². The first-order valence-electron chi connectivity index (χ1n) is 5.55. The standard InChI is InChI=1S/C14H17N/c1-14(2,3)12-7-6-10-4-5-11(9-15)13(10)8-12/h6-8,11H,4-5H2,1-3H3. The maximum Gasteiger partial charge on any atom is 0.0718 e. The molecule has 0 aromatic heterocycles. The average molecular weight is 199 g/mol. The third-order valence-electron chi connectivity index (χ3n) is 3.25. The predicted octanol–water partition coefficient (Wildman–Crippen LogP) is 3.54. The molecule has 1 unspecified atom stereocenters. The highest BCUT2D eigenvalue weighted by Crippen LogP contribution is 2.35. The first-order valence-corrected chi connectivity index (χ1v) is 5.55. The van der Waals surface area contributed by atoms with Crippen molar-refractivity contribution in [3.05, 3.63) is 34.9 Å². The molecule has 0 amide bonds. The molecular formula is C14H17N. The molecule has 1 aliphatic rings. The minimum Gasteiger partial charge on any atom is -0.198 e. The summed E-state index contributed by atoms with van der Waals surface area (Å²) in [5.74, 6) is 0.127. The smallest absolute Gasteiger partial charge is 0.0718 e. The minimum absolute atomic E-state index is 0.127. The van der Waals surface area contributed by atoms with Gasteiger partial charge >= 0.3 is 0 Å².